The highest BCUT2D eigenvalue weighted by atomic mass is 16.6. The molecule has 2 atom stereocenters. The molecule has 5 nitrogen and oxygen atoms in total. The van der Waals surface area contributed by atoms with Gasteiger partial charge in [0.05, 0.1) is 12.5 Å². The highest BCUT2D eigenvalue weighted by molar-refractivity contribution is 5.94. The Morgan fingerprint density at radius 1 is 1.55 bits per heavy atom. The van der Waals surface area contributed by atoms with Crippen LogP contribution in [0.3, 0.4) is 0 Å². The van der Waals surface area contributed by atoms with E-state index in [0.29, 0.717) is 12.2 Å². The van der Waals surface area contributed by atoms with Crippen LogP contribution in [0.15, 0.2) is 24.4 Å². The van der Waals surface area contributed by atoms with E-state index < -0.39 is 5.60 Å². The van der Waals surface area contributed by atoms with Gasteiger partial charge < -0.3 is 10.1 Å². The van der Waals surface area contributed by atoms with Crippen molar-refractivity contribution in [1.29, 1.82) is 0 Å². The normalized spacial score (nSPS) is 25.3. The summed E-state index contributed by atoms with van der Waals surface area (Å²) in [4.78, 5) is 28.1. The van der Waals surface area contributed by atoms with Gasteiger partial charge in [-0.2, -0.15) is 0 Å². The maximum Gasteiger partial charge on any atom is 0.310 e. The summed E-state index contributed by atoms with van der Waals surface area (Å²) in [7, 11) is 0. The van der Waals surface area contributed by atoms with Gasteiger partial charge in [-0.05, 0) is 25.5 Å². The Hall–Kier alpha value is -1.91. The number of rotatable bonds is 6. The third-order valence-corrected chi connectivity index (χ3v) is 3.62. The van der Waals surface area contributed by atoms with E-state index in [4.69, 9.17) is 4.74 Å². The molecular formula is C15H20N2O3. The molecule has 0 amide bonds. The zero-order valence-corrected chi connectivity index (χ0v) is 11.9. The number of hydrogen-bond donors (Lipinski definition) is 1. The van der Waals surface area contributed by atoms with E-state index in [1.165, 1.54) is 0 Å². The monoisotopic (exact) mass is 276 g/mol. The molecule has 1 aromatic rings. The Morgan fingerprint density at radius 3 is 3.00 bits per heavy atom. The zero-order valence-electron chi connectivity index (χ0n) is 11.9. The zero-order chi connectivity index (χ0) is 14.6. The van der Waals surface area contributed by atoms with Gasteiger partial charge in [0, 0.05) is 12.6 Å². The first-order valence-electron chi connectivity index (χ1n) is 6.96. The number of aromatic nitrogens is 1. The second-order valence-corrected chi connectivity index (χ2v) is 5.33. The number of carbonyl (C=O) groups excluding carboxylic acids is 2. The molecule has 0 radical (unpaired) electrons. The van der Waals surface area contributed by atoms with Crippen LogP contribution >= 0.6 is 0 Å². The number of ketones is 1. The molecule has 1 aliphatic heterocycles. The molecule has 0 spiro atoms. The average molecular weight is 276 g/mol. The minimum atomic E-state index is -1.00. The van der Waals surface area contributed by atoms with Crippen molar-refractivity contribution in [3.05, 3.63) is 24.4 Å². The van der Waals surface area contributed by atoms with Crippen molar-refractivity contribution >= 4 is 17.6 Å². The number of nitrogens with zero attached hydrogens (tertiary/aromatic N) is 1. The van der Waals surface area contributed by atoms with Crippen molar-refractivity contribution in [3.63, 3.8) is 0 Å². The van der Waals surface area contributed by atoms with Crippen molar-refractivity contribution < 1.29 is 14.3 Å². The Morgan fingerprint density at radius 2 is 2.35 bits per heavy atom. The predicted octanol–water partition coefficient (Wildman–Crippen LogP) is 2.18. The molecule has 2 heterocycles. The molecule has 1 N–H and O–H groups in total. The van der Waals surface area contributed by atoms with E-state index >= 15 is 0 Å². The molecule has 1 fully saturated rings. The molecule has 5 heteroatoms. The summed E-state index contributed by atoms with van der Waals surface area (Å²) < 4.78 is 5.32. The van der Waals surface area contributed by atoms with E-state index in [0.717, 1.165) is 12.8 Å². The van der Waals surface area contributed by atoms with Gasteiger partial charge >= 0.3 is 5.97 Å². The van der Waals surface area contributed by atoms with Gasteiger partial charge in [0.25, 0.3) is 0 Å². The van der Waals surface area contributed by atoms with Crippen molar-refractivity contribution in [2.45, 2.75) is 38.7 Å². The van der Waals surface area contributed by atoms with Crippen LogP contribution < -0.4 is 5.32 Å². The van der Waals surface area contributed by atoms with Gasteiger partial charge in [0.2, 0.25) is 0 Å². The topological polar surface area (TPSA) is 68.3 Å². The standard InChI is InChI=1S/C15H20N2O3/c1-3-6-11-9-15(2,20-14(11)19)12(18)10-17-13-7-4-5-8-16-13/h4-5,7-8,11H,3,6,9-10H2,1-2H3,(H,16,17). The van der Waals surface area contributed by atoms with Crippen LogP contribution in [0, 0.1) is 5.92 Å². The third kappa shape index (κ3) is 3.15. The van der Waals surface area contributed by atoms with Crippen molar-refractivity contribution in [1.82, 2.24) is 4.98 Å². The number of hydrogen-bond acceptors (Lipinski definition) is 5. The van der Waals surface area contributed by atoms with E-state index in [1.54, 1.807) is 19.2 Å². The molecule has 2 rings (SSSR count). The summed E-state index contributed by atoms with van der Waals surface area (Å²) in [5.41, 5.74) is -1.00. The minimum Gasteiger partial charge on any atom is -0.451 e. The fourth-order valence-electron chi connectivity index (χ4n) is 2.46. The Labute approximate surface area is 118 Å². The number of Topliss-reactive ketones (excluding diaryl/α,β-unsaturated/α-hetero) is 1. The third-order valence-electron chi connectivity index (χ3n) is 3.62. The summed E-state index contributed by atoms with van der Waals surface area (Å²) in [6, 6.07) is 5.44. The van der Waals surface area contributed by atoms with Gasteiger partial charge in [0.1, 0.15) is 5.82 Å². The van der Waals surface area contributed by atoms with Gasteiger partial charge in [-0.25, -0.2) is 4.98 Å². The van der Waals surface area contributed by atoms with Crippen LogP contribution in [0.1, 0.15) is 33.1 Å². The van der Waals surface area contributed by atoms with Gasteiger partial charge in [0.15, 0.2) is 11.4 Å². The maximum atomic E-state index is 12.3. The number of esters is 1. The second-order valence-electron chi connectivity index (χ2n) is 5.33. The molecule has 0 saturated carbocycles. The minimum absolute atomic E-state index is 0.111. The molecule has 108 valence electrons. The summed E-state index contributed by atoms with van der Waals surface area (Å²) in [6.07, 6.45) is 3.81. The lowest BCUT2D eigenvalue weighted by Gasteiger charge is -2.21. The summed E-state index contributed by atoms with van der Waals surface area (Å²) in [5.74, 6) is 0.123. The number of anilines is 1. The quantitative estimate of drug-likeness (QED) is 0.807. The molecular weight excluding hydrogens is 256 g/mol. The van der Waals surface area contributed by atoms with Gasteiger partial charge in [-0.15, -0.1) is 0 Å². The number of carbonyl (C=O) groups is 2. The Balaban J connectivity index is 1.94. The van der Waals surface area contributed by atoms with Crippen LogP contribution in [0.25, 0.3) is 0 Å². The van der Waals surface area contributed by atoms with Crippen LogP contribution in [0.4, 0.5) is 5.82 Å². The van der Waals surface area contributed by atoms with Crippen LogP contribution in [0.2, 0.25) is 0 Å². The fourth-order valence-corrected chi connectivity index (χ4v) is 2.46. The SMILES string of the molecule is CCCC1CC(C)(C(=O)CNc2ccccn2)OC1=O. The van der Waals surface area contributed by atoms with E-state index in [2.05, 4.69) is 10.3 Å². The lowest BCUT2D eigenvalue weighted by molar-refractivity contribution is -0.156. The molecule has 1 aromatic heterocycles. The Kier molecular flexibility index (Phi) is 4.37. The highest BCUT2D eigenvalue weighted by Gasteiger charge is 2.47. The van der Waals surface area contributed by atoms with Crippen molar-refractivity contribution in [2.24, 2.45) is 5.92 Å². The van der Waals surface area contributed by atoms with Gasteiger partial charge in [-0.3, -0.25) is 9.59 Å². The van der Waals surface area contributed by atoms with Crippen LogP contribution in [-0.2, 0) is 14.3 Å². The number of pyridine rings is 1. The molecule has 1 aliphatic rings. The average Bonchev–Trinajstić information content (AvgIpc) is 2.74. The molecule has 0 aliphatic carbocycles. The first kappa shape index (κ1) is 14.5. The number of nitrogens with one attached hydrogen (secondary N) is 1. The summed E-state index contributed by atoms with van der Waals surface area (Å²) in [5, 5.41) is 2.96. The molecule has 0 aromatic carbocycles. The van der Waals surface area contributed by atoms with Crippen molar-refractivity contribution in [2.75, 3.05) is 11.9 Å². The lowest BCUT2D eigenvalue weighted by atomic mass is 9.89. The molecule has 1 saturated heterocycles. The number of cyclic esters (lactones) is 1. The number of ether oxygens (including phenoxy) is 1. The predicted molar refractivity (Wildman–Crippen MR) is 75.2 cm³/mol. The summed E-state index contributed by atoms with van der Waals surface area (Å²) in [6.45, 7) is 3.83. The van der Waals surface area contributed by atoms with Crippen LogP contribution in [0.5, 0.6) is 0 Å². The molecule has 2 unspecified atom stereocenters. The summed E-state index contributed by atoms with van der Waals surface area (Å²) >= 11 is 0. The highest BCUT2D eigenvalue weighted by Crippen LogP contribution is 2.34. The molecule has 20 heavy (non-hydrogen) atoms. The molecule has 0 bridgehead atoms. The van der Waals surface area contributed by atoms with E-state index in [9.17, 15) is 9.59 Å². The van der Waals surface area contributed by atoms with Crippen molar-refractivity contribution in [3.8, 4) is 0 Å². The van der Waals surface area contributed by atoms with Crippen LogP contribution in [-0.4, -0.2) is 28.9 Å². The smallest absolute Gasteiger partial charge is 0.310 e. The van der Waals surface area contributed by atoms with Gasteiger partial charge in [-0.1, -0.05) is 19.4 Å². The largest absolute Gasteiger partial charge is 0.451 e. The van der Waals surface area contributed by atoms with E-state index in [-0.39, 0.29) is 24.2 Å². The second kappa shape index (κ2) is 6.03. The van der Waals surface area contributed by atoms with E-state index in [1.807, 2.05) is 19.1 Å². The lowest BCUT2D eigenvalue weighted by Crippen LogP contribution is -2.39. The first-order valence-corrected chi connectivity index (χ1v) is 6.96. The maximum absolute atomic E-state index is 12.3. The first-order chi connectivity index (χ1) is 9.55. The fraction of sp³-hybridized carbons (Fsp3) is 0.533. The Bertz CT molecular complexity index is 489.